The number of aliphatic hydroxyl groups is 1. The van der Waals surface area contributed by atoms with Gasteiger partial charge in [0.2, 0.25) is 0 Å². The van der Waals surface area contributed by atoms with Crippen molar-refractivity contribution in [2.75, 3.05) is 13.2 Å². The van der Waals surface area contributed by atoms with Gasteiger partial charge in [0, 0.05) is 11.1 Å². The summed E-state index contributed by atoms with van der Waals surface area (Å²) in [5, 5.41) is 13.4. The molecule has 21 heavy (non-hydrogen) atoms. The van der Waals surface area contributed by atoms with Gasteiger partial charge in [0.1, 0.15) is 25.0 Å². The second kappa shape index (κ2) is 8.84. The molecule has 0 radical (unpaired) electrons. The van der Waals surface area contributed by atoms with E-state index in [1.54, 1.807) is 18.2 Å². The minimum absolute atomic E-state index is 0.239. The molecule has 1 aliphatic carbocycles. The highest BCUT2D eigenvalue weighted by Gasteiger charge is 2.17. The van der Waals surface area contributed by atoms with Gasteiger partial charge in [-0.05, 0) is 37.8 Å². The number of hydrogen-bond donors (Lipinski definition) is 2. The molecule has 1 aliphatic rings. The molecule has 1 atom stereocenters. The normalized spacial score (nSPS) is 18.2. The molecule has 1 aromatic carbocycles. The van der Waals surface area contributed by atoms with Crippen LogP contribution in [0.1, 0.15) is 38.5 Å². The van der Waals surface area contributed by atoms with Gasteiger partial charge in [0.15, 0.2) is 0 Å². The first-order chi connectivity index (χ1) is 10.1. The lowest BCUT2D eigenvalue weighted by Crippen LogP contribution is -2.91. The number of benzene rings is 1. The summed E-state index contributed by atoms with van der Waals surface area (Å²) in [6, 6.07) is 5.74. The molecule has 3 N–H and O–H groups in total. The fraction of sp³-hybridized carbons (Fsp3) is 0.625. The van der Waals surface area contributed by atoms with E-state index < -0.39 is 6.10 Å². The van der Waals surface area contributed by atoms with Crippen molar-refractivity contribution in [2.45, 2.75) is 50.7 Å². The highest BCUT2D eigenvalue weighted by atomic mass is 35.5. The minimum Gasteiger partial charge on any atom is -0.489 e. The highest BCUT2D eigenvalue weighted by molar-refractivity contribution is 6.34. The molecule has 3 nitrogen and oxygen atoms in total. The average Bonchev–Trinajstić information content (AvgIpc) is 2.74. The molecular formula is C16H24Cl2NO2+. The van der Waals surface area contributed by atoms with Gasteiger partial charge in [-0.25, -0.2) is 0 Å². The second-order valence-corrected chi connectivity index (χ2v) is 6.61. The van der Waals surface area contributed by atoms with E-state index in [1.807, 2.05) is 0 Å². The molecule has 2 rings (SSSR count). The first-order valence-corrected chi connectivity index (χ1v) is 8.50. The van der Waals surface area contributed by atoms with Gasteiger partial charge in [-0.15, -0.1) is 0 Å². The second-order valence-electron chi connectivity index (χ2n) is 5.76. The largest absolute Gasteiger partial charge is 0.489 e. The van der Waals surface area contributed by atoms with Crippen molar-refractivity contribution in [2.24, 2.45) is 0 Å². The van der Waals surface area contributed by atoms with Crippen LogP contribution in [0.15, 0.2) is 18.2 Å². The Labute approximate surface area is 136 Å². The van der Waals surface area contributed by atoms with Gasteiger partial charge in [0.05, 0.1) is 11.1 Å². The van der Waals surface area contributed by atoms with Crippen LogP contribution in [0, 0.1) is 0 Å². The Balaban J connectivity index is 1.71. The third-order valence-electron chi connectivity index (χ3n) is 3.97. The molecule has 1 fully saturated rings. The predicted octanol–water partition coefficient (Wildman–Crippen LogP) is 3.02. The van der Waals surface area contributed by atoms with Crippen LogP contribution in [0.2, 0.25) is 10.0 Å². The smallest absolute Gasteiger partial charge is 0.139 e. The molecule has 0 unspecified atom stereocenters. The van der Waals surface area contributed by atoms with E-state index in [2.05, 4.69) is 5.32 Å². The van der Waals surface area contributed by atoms with E-state index in [4.69, 9.17) is 27.9 Å². The molecule has 0 amide bonds. The molecule has 118 valence electrons. The quantitative estimate of drug-likeness (QED) is 0.786. The summed E-state index contributed by atoms with van der Waals surface area (Å²) < 4.78 is 5.56. The highest BCUT2D eigenvalue weighted by Crippen LogP contribution is 2.27. The molecule has 0 aromatic heterocycles. The van der Waals surface area contributed by atoms with E-state index in [-0.39, 0.29) is 6.61 Å². The maximum absolute atomic E-state index is 10.0. The van der Waals surface area contributed by atoms with Crippen LogP contribution in [0.3, 0.4) is 0 Å². The number of ether oxygens (including phenoxy) is 1. The Bertz CT molecular complexity index is 434. The molecular weight excluding hydrogens is 309 g/mol. The Kier molecular flexibility index (Phi) is 7.11. The van der Waals surface area contributed by atoms with Crippen LogP contribution in [-0.4, -0.2) is 30.4 Å². The maximum atomic E-state index is 10.0. The Morgan fingerprint density at radius 2 is 1.90 bits per heavy atom. The van der Waals surface area contributed by atoms with Crippen molar-refractivity contribution >= 4 is 23.2 Å². The van der Waals surface area contributed by atoms with Crippen molar-refractivity contribution < 1.29 is 15.2 Å². The standard InChI is InChI=1S/C16H23Cl2NO2/c17-12-7-8-15(18)16(9-12)21-11-14(20)10-19-13-5-3-1-2-4-6-13/h7-9,13-14,19-20H,1-6,10-11H2/p+1/t14-/m0/s1. The molecule has 0 bridgehead atoms. The molecule has 1 saturated carbocycles. The summed E-state index contributed by atoms with van der Waals surface area (Å²) in [6.45, 7) is 0.909. The summed E-state index contributed by atoms with van der Waals surface area (Å²) in [5.41, 5.74) is 0. The number of rotatable bonds is 6. The molecule has 0 aliphatic heterocycles. The van der Waals surface area contributed by atoms with Gasteiger partial charge in [0.25, 0.3) is 0 Å². The lowest BCUT2D eigenvalue weighted by atomic mass is 10.1. The van der Waals surface area contributed by atoms with Gasteiger partial charge < -0.3 is 15.2 Å². The van der Waals surface area contributed by atoms with Crippen molar-refractivity contribution in [3.8, 4) is 5.75 Å². The van der Waals surface area contributed by atoms with Crippen molar-refractivity contribution in [1.29, 1.82) is 0 Å². The Hall–Kier alpha value is -0.480. The van der Waals surface area contributed by atoms with Gasteiger partial charge >= 0.3 is 0 Å². The van der Waals surface area contributed by atoms with Gasteiger partial charge in [-0.1, -0.05) is 36.0 Å². The number of hydrogen-bond acceptors (Lipinski definition) is 2. The van der Waals surface area contributed by atoms with Crippen molar-refractivity contribution in [3.63, 3.8) is 0 Å². The predicted molar refractivity (Wildman–Crippen MR) is 86.2 cm³/mol. The monoisotopic (exact) mass is 332 g/mol. The third-order valence-corrected chi connectivity index (χ3v) is 4.51. The van der Waals surface area contributed by atoms with Crippen LogP contribution in [0.5, 0.6) is 5.75 Å². The number of aliphatic hydroxyl groups excluding tert-OH is 1. The zero-order valence-electron chi connectivity index (χ0n) is 12.2. The van der Waals surface area contributed by atoms with E-state index in [0.29, 0.717) is 28.4 Å². The summed E-state index contributed by atoms with van der Waals surface area (Å²) >= 11 is 11.9. The number of nitrogens with two attached hydrogens (primary N) is 1. The molecule has 0 saturated heterocycles. The van der Waals surface area contributed by atoms with Crippen LogP contribution >= 0.6 is 23.2 Å². The average molecular weight is 333 g/mol. The van der Waals surface area contributed by atoms with Crippen molar-refractivity contribution in [1.82, 2.24) is 0 Å². The summed E-state index contributed by atoms with van der Waals surface area (Å²) in [4.78, 5) is 0. The molecule has 5 heteroatoms. The summed E-state index contributed by atoms with van der Waals surface area (Å²) in [6.07, 6.45) is 7.34. The Morgan fingerprint density at radius 1 is 1.19 bits per heavy atom. The van der Waals surface area contributed by atoms with Crippen LogP contribution in [-0.2, 0) is 0 Å². The summed E-state index contributed by atoms with van der Waals surface area (Å²) in [5.74, 6) is 0.526. The number of halogens is 2. The van der Waals surface area contributed by atoms with E-state index in [0.717, 1.165) is 0 Å². The van der Waals surface area contributed by atoms with E-state index in [9.17, 15) is 5.11 Å². The zero-order chi connectivity index (χ0) is 15.1. The van der Waals surface area contributed by atoms with Gasteiger partial charge in [-0.2, -0.15) is 0 Å². The zero-order valence-corrected chi connectivity index (χ0v) is 13.7. The van der Waals surface area contributed by atoms with Crippen LogP contribution < -0.4 is 10.1 Å². The van der Waals surface area contributed by atoms with Crippen LogP contribution in [0.4, 0.5) is 0 Å². The van der Waals surface area contributed by atoms with Crippen LogP contribution in [0.25, 0.3) is 0 Å². The molecule has 0 heterocycles. The summed E-state index contributed by atoms with van der Waals surface area (Å²) in [7, 11) is 0. The molecule has 0 spiro atoms. The number of quaternary nitrogens is 1. The molecule has 1 aromatic rings. The first-order valence-electron chi connectivity index (χ1n) is 7.74. The SMILES string of the molecule is O[C@@H](C[NH2+]C1CCCCCC1)COc1cc(Cl)ccc1Cl. The van der Waals surface area contributed by atoms with E-state index >= 15 is 0 Å². The van der Waals surface area contributed by atoms with E-state index in [1.165, 1.54) is 38.5 Å². The van der Waals surface area contributed by atoms with Crippen molar-refractivity contribution in [3.05, 3.63) is 28.2 Å². The fourth-order valence-electron chi connectivity index (χ4n) is 2.74. The maximum Gasteiger partial charge on any atom is 0.139 e. The topological polar surface area (TPSA) is 46.1 Å². The lowest BCUT2D eigenvalue weighted by Gasteiger charge is -2.17. The minimum atomic E-state index is -0.497. The van der Waals surface area contributed by atoms with Gasteiger partial charge in [-0.3, -0.25) is 0 Å². The fourth-order valence-corrected chi connectivity index (χ4v) is 3.07. The lowest BCUT2D eigenvalue weighted by molar-refractivity contribution is -0.695. The third kappa shape index (κ3) is 6.03. The Morgan fingerprint density at radius 3 is 2.62 bits per heavy atom. The first kappa shape index (κ1) is 16.9.